The van der Waals surface area contributed by atoms with Gasteiger partial charge in [-0.2, -0.15) is 0 Å². The number of sulfone groups is 1. The number of amides is 2. The maximum Gasteiger partial charge on any atom is 0.251 e. The zero-order valence-electron chi connectivity index (χ0n) is 20.5. The van der Waals surface area contributed by atoms with Gasteiger partial charge in [-0.1, -0.05) is 0 Å². The number of fused-ring (bicyclic) bond motifs is 1. The van der Waals surface area contributed by atoms with E-state index < -0.39 is 26.6 Å². The van der Waals surface area contributed by atoms with Crippen LogP contribution in [0.2, 0.25) is 0 Å². The van der Waals surface area contributed by atoms with E-state index in [1.54, 1.807) is 32.0 Å². The van der Waals surface area contributed by atoms with Crippen molar-refractivity contribution < 1.29 is 27.1 Å². The van der Waals surface area contributed by atoms with Crippen LogP contribution in [0.4, 0.5) is 15.8 Å². The molecule has 0 bridgehead atoms. The van der Waals surface area contributed by atoms with E-state index in [0.717, 1.165) is 6.20 Å². The molecule has 2 aliphatic rings. The summed E-state index contributed by atoms with van der Waals surface area (Å²) >= 11 is 0. The summed E-state index contributed by atoms with van der Waals surface area (Å²) in [4.78, 5) is 31.8. The van der Waals surface area contributed by atoms with Crippen LogP contribution in [0.5, 0.6) is 5.88 Å². The highest BCUT2D eigenvalue weighted by Gasteiger charge is 2.46. The van der Waals surface area contributed by atoms with Crippen molar-refractivity contribution in [3.63, 3.8) is 0 Å². The molecular weight excluding hydrogens is 473 g/mol. The molecule has 1 saturated heterocycles. The second-order valence-electron chi connectivity index (χ2n) is 10.3. The maximum absolute atomic E-state index is 14.8. The quantitative estimate of drug-likeness (QED) is 0.668. The van der Waals surface area contributed by atoms with Crippen molar-refractivity contribution in [2.24, 2.45) is 0 Å². The Morgan fingerprint density at radius 3 is 2.43 bits per heavy atom. The Morgan fingerprint density at radius 1 is 1.14 bits per heavy atom. The SMILES string of the molecule is CC(C)Oc1cc(N2C(=O)C(C)(C)c3cc(C(=O)NC4(C)CCS(=O)(=O)CC4)ccc32)c(F)cn1. The number of pyridine rings is 1. The molecule has 0 saturated carbocycles. The van der Waals surface area contributed by atoms with Gasteiger partial charge in [0, 0.05) is 17.2 Å². The van der Waals surface area contributed by atoms with Crippen LogP contribution in [0.3, 0.4) is 0 Å². The first-order valence-electron chi connectivity index (χ1n) is 11.6. The smallest absolute Gasteiger partial charge is 0.251 e. The number of hydrogen-bond acceptors (Lipinski definition) is 6. The summed E-state index contributed by atoms with van der Waals surface area (Å²) in [5.74, 6) is -1.09. The van der Waals surface area contributed by atoms with Gasteiger partial charge >= 0.3 is 0 Å². The highest BCUT2D eigenvalue weighted by Crippen LogP contribution is 2.46. The third kappa shape index (κ3) is 4.76. The first kappa shape index (κ1) is 25.1. The second-order valence-corrected chi connectivity index (χ2v) is 12.6. The number of benzene rings is 1. The fourth-order valence-corrected chi connectivity index (χ4v) is 6.19. The second kappa shape index (κ2) is 8.58. The van der Waals surface area contributed by atoms with Crippen molar-refractivity contribution >= 4 is 33.0 Å². The minimum absolute atomic E-state index is 0.0283. The van der Waals surface area contributed by atoms with Crippen LogP contribution in [-0.4, -0.2) is 48.4 Å². The van der Waals surface area contributed by atoms with E-state index >= 15 is 0 Å². The summed E-state index contributed by atoms with van der Waals surface area (Å²) in [5.41, 5.74) is -0.198. The van der Waals surface area contributed by atoms with Gasteiger partial charge in [-0.05, 0) is 71.2 Å². The highest BCUT2D eigenvalue weighted by molar-refractivity contribution is 7.91. The Kier molecular flexibility index (Phi) is 6.15. The molecule has 0 radical (unpaired) electrons. The topological polar surface area (TPSA) is 106 Å². The van der Waals surface area contributed by atoms with Gasteiger partial charge in [0.2, 0.25) is 11.8 Å². The summed E-state index contributed by atoms with van der Waals surface area (Å²) in [5, 5.41) is 2.97. The van der Waals surface area contributed by atoms with Crippen molar-refractivity contribution in [3.8, 4) is 5.88 Å². The highest BCUT2D eigenvalue weighted by atomic mass is 32.2. The van der Waals surface area contributed by atoms with Crippen LogP contribution < -0.4 is 15.0 Å². The number of carbonyl (C=O) groups excluding carboxylic acids is 2. The van der Waals surface area contributed by atoms with Gasteiger partial charge in [0.15, 0.2) is 5.82 Å². The molecule has 8 nitrogen and oxygen atoms in total. The number of anilines is 2. The van der Waals surface area contributed by atoms with E-state index in [2.05, 4.69) is 10.3 Å². The van der Waals surface area contributed by atoms with Crippen molar-refractivity contribution in [2.45, 2.75) is 64.5 Å². The van der Waals surface area contributed by atoms with E-state index in [-0.39, 0.29) is 41.0 Å². The van der Waals surface area contributed by atoms with Gasteiger partial charge in [0.25, 0.3) is 5.91 Å². The number of carbonyl (C=O) groups is 2. The van der Waals surface area contributed by atoms with Crippen LogP contribution in [0.25, 0.3) is 0 Å². The van der Waals surface area contributed by atoms with Crippen molar-refractivity contribution in [3.05, 3.63) is 47.4 Å². The molecule has 0 atom stereocenters. The molecule has 1 N–H and O–H groups in total. The molecule has 4 rings (SSSR count). The zero-order valence-corrected chi connectivity index (χ0v) is 21.3. The Labute approximate surface area is 204 Å². The lowest BCUT2D eigenvalue weighted by atomic mass is 9.85. The fraction of sp³-hybridized carbons (Fsp3) is 0.480. The third-order valence-electron chi connectivity index (χ3n) is 6.66. The molecule has 35 heavy (non-hydrogen) atoms. The predicted molar refractivity (Wildman–Crippen MR) is 130 cm³/mol. The molecule has 2 aliphatic heterocycles. The van der Waals surface area contributed by atoms with Gasteiger partial charge in [0.1, 0.15) is 9.84 Å². The van der Waals surface area contributed by atoms with Crippen LogP contribution in [0, 0.1) is 5.82 Å². The lowest BCUT2D eigenvalue weighted by Crippen LogP contribution is -2.50. The number of nitrogens with one attached hydrogen (secondary N) is 1. The van der Waals surface area contributed by atoms with Gasteiger partial charge in [-0.25, -0.2) is 17.8 Å². The van der Waals surface area contributed by atoms with Crippen molar-refractivity contribution in [1.29, 1.82) is 0 Å². The van der Waals surface area contributed by atoms with E-state index in [4.69, 9.17) is 4.74 Å². The third-order valence-corrected chi connectivity index (χ3v) is 8.32. The van der Waals surface area contributed by atoms with Crippen molar-refractivity contribution in [2.75, 3.05) is 16.4 Å². The average molecular weight is 504 g/mol. The minimum Gasteiger partial charge on any atom is -0.475 e. The molecule has 0 spiro atoms. The Balaban J connectivity index is 1.66. The molecule has 2 amide bonds. The average Bonchev–Trinajstić information content (AvgIpc) is 2.97. The Morgan fingerprint density at radius 2 is 1.80 bits per heavy atom. The summed E-state index contributed by atoms with van der Waals surface area (Å²) in [6.07, 6.45) is 1.53. The summed E-state index contributed by atoms with van der Waals surface area (Å²) < 4.78 is 44.0. The van der Waals surface area contributed by atoms with E-state index in [1.807, 2.05) is 20.8 Å². The Hall–Kier alpha value is -3.01. The molecule has 3 heterocycles. The van der Waals surface area contributed by atoms with Gasteiger partial charge < -0.3 is 10.1 Å². The summed E-state index contributed by atoms with van der Waals surface area (Å²) in [6, 6.07) is 6.27. The maximum atomic E-state index is 14.8. The van der Waals surface area contributed by atoms with Gasteiger partial charge in [-0.15, -0.1) is 0 Å². The molecule has 1 aromatic carbocycles. The lowest BCUT2D eigenvalue weighted by molar-refractivity contribution is -0.121. The van der Waals surface area contributed by atoms with Crippen LogP contribution in [0.1, 0.15) is 63.4 Å². The molecule has 0 aliphatic carbocycles. The largest absolute Gasteiger partial charge is 0.475 e. The number of halogens is 1. The summed E-state index contributed by atoms with van der Waals surface area (Å²) in [6.45, 7) is 8.94. The van der Waals surface area contributed by atoms with Crippen LogP contribution in [0.15, 0.2) is 30.5 Å². The molecule has 2 aromatic rings. The first-order valence-corrected chi connectivity index (χ1v) is 13.4. The molecule has 188 valence electrons. The van der Waals surface area contributed by atoms with Gasteiger partial charge in [0.05, 0.1) is 40.6 Å². The van der Waals surface area contributed by atoms with E-state index in [0.29, 0.717) is 29.7 Å². The monoisotopic (exact) mass is 503 g/mol. The summed E-state index contributed by atoms with van der Waals surface area (Å²) in [7, 11) is -3.07. The fourth-order valence-electron chi connectivity index (χ4n) is 4.46. The molecule has 10 heteroatoms. The predicted octanol–water partition coefficient (Wildman–Crippen LogP) is 3.66. The Bertz CT molecular complexity index is 1290. The van der Waals surface area contributed by atoms with Crippen molar-refractivity contribution in [1.82, 2.24) is 10.3 Å². The van der Waals surface area contributed by atoms with E-state index in [1.165, 1.54) is 11.0 Å². The number of rotatable bonds is 5. The molecule has 1 fully saturated rings. The first-order chi connectivity index (χ1) is 16.2. The molecule has 0 unspecified atom stereocenters. The minimum atomic E-state index is -3.07. The molecular formula is C25H30FN3O5S. The van der Waals surface area contributed by atoms with E-state index in [9.17, 15) is 22.4 Å². The number of aromatic nitrogens is 1. The van der Waals surface area contributed by atoms with Gasteiger partial charge in [-0.3, -0.25) is 14.5 Å². The van der Waals surface area contributed by atoms with Crippen LogP contribution in [-0.2, 0) is 20.0 Å². The normalized spacial score (nSPS) is 20.0. The number of ether oxygens (including phenoxy) is 1. The standard InChI is InChI=1S/C25H30FN3O5S/c1-15(2)34-21-13-20(18(26)14-27-21)29-19-7-6-16(12-17(19)24(3,4)23(29)31)22(30)28-25(5)8-10-35(32,33)11-9-25/h6-7,12-15H,8-11H2,1-5H3,(H,28,30). The number of nitrogens with zero attached hydrogens (tertiary/aromatic N) is 2. The lowest BCUT2D eigenvalue weighted by Gasteiger charge is -2.34. The zero-order chi connectivity index (χ0) is 25.8. The number of hydrogen-bond donors (Lipinski definition) is 1. The molecule has 1 aromatic heterocycles. The van der Waals surface area contributed by atoms with Crippen LogP contribution >= 0.6 is 0 Å².